The maximum Gasteiger partial charge on any atom is 0.340 e. The Hall–Kier alpha value is -2.64. The van der Waals surface area contributed by atoms with Gasteiger partial charge in [-0.3, -0.25) is 10.1 Å². The molecule has 7 nitrogen and oxygen atoms in total. The van der Waals surface area contributed by atoms with E-state index in [2.05, 4.69) is 0 Å². The smallest absolute Gasteiger partial charge is 0.340 e. The van der Waals surface area contributed by atoms with Crippen molar-refractivity contribution in [3.05, 3.63) is 68.7 Å². The van der Waals surface area contributed by atoms with Crippen molar-refractivity contribution in [3.8, 4) is 0 Å². The van der Waals surface area contributed by atoms with Crippen LogP contribution in [0.15, 0.2) is 42.5 Å². The molecule has 1 aliphatic rings. The molecule has 2 aromatic rings. The summed E-state index contributed by atoms with van der Waals surface area (Å²) in [4.78, 5) is 24.7. The van der Waals surface area contributed by atoms with Gasteiger partial charge in [-0.2, -0.15) is 0 Å². The maximum atomic E-state index is 12.3. The number of esters is 1. The number of aliphatic hydroxyl groups is 1. The molecule has 8 heteroatoms. The summed E-state index contributed by atoms with van der Waals surface area (Å²) in [5.41, 5.74) is 0.0437. The third-order valence-corrected chi connectivity index (χ3v) is 5.39. The van der Waals surface area contributed by atoms with E-state index in [1.54, 1.807) is 0 Å². The molecule has 3 rings (SSSR count). The fourth-order valence-corrected chi connectivity index (χ4v) is 3.99. The maximum absolute atomic E-state index is 12.3. The summed E-state index contributed by atoms with van der Waals surface area (Å²) in [5.74, 6) is -0.692. The number of nitro groups is 1. The highest BCUT2D eigenvalue weighted by Gasteiger charge is 2.34. The van der Waals surface area contributed by atoms with E-state index in [-0.39, 0.29) is 16.3 Å². The van der Waals surface area contributed by atoms with Gasteiger partial charge in [-0.25, -0.2) is 4.79 Å². The Morgan fingerprint density at radius 1 is 1.25 bits per heavy atom. The summed E-state index contributed by atoms with van der Waals surface area (Å²) >= 11 is 6.34. The molecule has 148 valence electrons. The Morgan fingerprint density at radius 2 is 1.96 bits per heavy atom. The van der Waals surface area contributed by atoms with Crippen LogP contribution in [0.1, 0.15) is 35.2 Å². The number of anilines is 1. The molecule has 1 heterocycles. The molecule has 2 aromatic carbocycles. The molecule has 1 saturated heterocycles. The van der Waals surface area contributed by atoms with Crippen LogP contribution in [0.3, 0.4) is 0 Å². The molecule has 0 amide bonds. The number of carbonyl (C=O) groups is 1. The number of benzene rings is 2. The highest BCUT2D eigenvalue weighted by molar-refractivity contribution is 6.34. The summed E-state index contributed by atoms with van der Waals surface area (Å²) in [6, 6.07) is 11.9. The first-order valence-corrected chi connectivity index (χ1v) is 9.32. The normalized spacial score (nSPS) is 19.8. The number of carbonyl (C=O) groups excluding carboxylic acids is 1. The van der Waals surface area contributed by atoms with Gasteiger partial charge in [0.05, 0.1) is 33.9 Å². The number of nitrogens with zero attached hydrogens (tertiary/aromatic N) is 2. The third-order valence-electron chi connectivity index (χ3n) is 5.11. The minimum atomic E-state index is -0.977. The number of halogens is 1. The largest absolute Gasteiger partial charge is 0.465 e. The van der Waals surface area contributed by atoms with E-state index in [1.165, 1.54) is 19.2 Å². The van der Waals surface area contributed by atoms with E-state index < -0.39 is 16.5 Å². The summed E-state index contributed by atoms with van der Waals surface area (Å²) < 4.78 is 4.80. The van der Waals surface area contributed by atoms with E-state index in [9.17, 15) is 20.0 Å². The summed E-state index contributed by atoms with van der Waals surface area (Å²) in [7, 11) is 1.22. The second-order valence-corrected chi connectivity index (χ2v) is 7.22. The van der Waals surface area contributed by atoms with E-state index in [1.807, 2.05) is 35.2 Å². The SMILES string of the molecule is COC(=O)c1cc([N+](=O)[O-])cc(Cl)c1N1CCCC(O)(c2ccccc2)CC1. The van der Waals surface area contributed by atoms with Gasteiger partial charge in [0.2, 0.25) is 0 Å². The number of hydrogen-bond donors (Lipinski definition) is 1. The summed E-state index contributed by atoms with van der Waals surface area (Å²) in [6.45, 7) is 0.990. The van der Waals surface area contributed by atoms with Crippen LogP contribution >= 0.6 is 11.6 Å². The Labute approximate surface area is 167 Å². The van der Waals surface area contributed by atoms with Crippen molar-refractivity contribution in [3.63, 3.8) is 0 Å². The Bertz CT molecular complexity index is 890. The van der Waals surface area contributed by atoms with Crippen molar-refractivity contribution in [2.45, 2.75) is 24.9 Å². The van der Waals surface area contributed by atoms with Crippen molar-refractivity contribution in [1.82, 2.24) is 0 Å². The van der Waals surface area contributed by atoms with Gasteiger partial charge in [-0.1, -0.05) is 41.9 Å². The van der Waals surface area contributed by atoms with Gasteiger partial charge in [-0.15, -0.1) is 0 Å². The first kappa shape index (κ1) is 20.1. The van der Waals surface area contributed by atoms with Crippen LogP contribution < -0.4 is 4.90 Å². The average Bonchev–Trinajstić information content (AvgIpc) is 2.90. The third kappa shape index (κ3) is 3.95. The Morgan fingerprint density at radius 3 is 2.61 bits per heavy atom. The fourth-order valence-electron chi connectivity index (χ4n) is 3.66. The zero-order valence-corrected chi connectivity index (χ0v) is 16.2. The predicted octanol–water partition coefficient (Wildman–Crippen LogP) is 3.91. The lowest BCUT2D eigenvalue weighted by Gasteiger charge is -2.29. The van der Waals surface area contributed by atoms with Crippen LogP contribution in [-0.2, 0) is 10.3 Å². The standard InChI is InChI=1S/C20H21ClN2O5/c1-28-19(24)16-12-15(23(26)27)13-17(21)18(16)22-10-5-8-20(25,9-11-22)14-6-3-2-4-7-14/h2-4,6-7,12-13,25H,5,8-11H2,1H3. The monoisotopic (exact) mass is 404 g/mol. The lowest BCUT2D eigenvalue weighted by Crippen LogP contribution is -2.30. The molecular weight excluding hydrogens is 384 g/mol. The number of rotatable bonds is 4. The Kier molecular flexibility index (Phi) is 5.86. The van der Waals surface area contributed by atoms with Crippen LogP contribution in [0.5, 0.6) is 0 Å². The highest BCUT2D eigenvalue weighted by atomic mass is 35.5. The molecule has 0 bridgehead atoms. The zero-order valence-electron chi connectivity index (χ0n) is 15.4. The van der Waals surface area contributed by atoms with Crippen molar-refractivity contribution < 1.29 is 19.6 Å². The lowest BCUT2D eigenvalue weighted by molar-refractivity contribution is -0.384. The quantitative estimate of drug-likeness (QED) is 0.471. The van der Waals surface area contributed by atoms with E-state index in [0.717, 1.165) is 5.56 Å². The highest BCUT2D eigenvalue weighted by Crippen LogP contribution is 2.39. The molecule has 0 spiro atoms. The van der Waals surface area contributed by atoms with Crippen molar-refractivity contribution in [1.29, 1.82) is 0 Å². The second-order valence-electron chi connectivity index (χ2n) is 6.81. The average molecular weight is 405 g/mol. The topological polar surface area (TPSA) is 92.9 Å². The number of hydrogen-bond acceptors (Lipinski definition) is 6. The number of nitro benzene ring substituents is 1. The zero-order chi connectivity index (χ0) is 20.3. The van der Waals surface area contributed by atoms with Gasteiger partial charge in [0.25, 0.3) is 5.69 Å². The molecule has 1 aliphatic heterocycles. The molecular formula is C20H21ClN2O5. The minimum Gasteiger partial charge on any atom is -0.465 e. The molecule has 28 heavy (non-hydrogen) atoms. The van der Waals surface area contributed by atoms with Crippen LogP contribution in [0.2, 0.25) is 5.02 Å². The molecule has 1 atom stereocenters. The molecule has 0 aliphatic carbocycles. The van der Waals surface area contributed by atoms with Gasteiger partial charge in [0.1, 0.15) is 0 Å². The first-order chi connectivity index (χ1) is 13.4. The molecule has 1 unspecified atom stereocenters. The van der Waals surface area contributed by atoms with E-state index in [4.69, 9.17) is 16.3 Å². The molecule has 1 fully saturated rings. The van der Waals surface area contributed by atoms with Crippen LogP contribution in [0, 0.1) is 10.1 Å². The second kappa shape index (κ2) is 8.16. The van der Waals surface area contributed by atoms with E-state index in [0.29, 0.717) is 38.0 Å². The summed E-state index contributed by atoms with van der Waals surface area (Å²) in [5, 5.41) is 22.4. The van der Waals surface area contributed by atoms with E-state index >= 15 is 0 Å². The minimum absolute atomic E-state index is 0.0480. The van der Waals surface area contributed by atoms with Crippen molar-refractivity contribution >= 4 is 28.9 Å². The van der Waals surface area contributed by atoms with Gasteiger partial charge >= 0.3 is 5.97 Å². The fraction of sp³-hybridized carbons (Fsp3) is 0.350. The molecule has 0 radical (unpaired) electrons. The molecule has 0 saturated carbocycles. The van der Waals surface area contributed by atoms with Gasteiger partial charge in [0, 0.05) is 25.2 Å². The first-order valence-electron chi connectivity index (χ1n) is 8.95. The van der Waals surface area contributed by atoms with Gasteiger partial charge < -0.3 is 14.7 Å². The van der Waals surface area contributed by atoms with Crippen molar-refractivity contribution in [2.24, 2.45) is 0 Å². The van der Waals surface area contributed by atoms with Crippen LogP contribution in [-0.4, -0.2) is 36.2 Å². The Balaban J connectivity index is 1.96. The van der Waals surface area contributed by atoms with Crippen LogP contribution in [0.25, 0.3) is 0 Å². The predicted molar refractivity (Wildman–Crippen MR) is 106 cm³/mol. The summed E-state index contributed by atoms with van der Waals surface area (Å²) in [6.07, 6.45) is 1.66. The van der Waals surface area contributed by atoms with Gasteiger partial charge in [0.15, 0.2) is 0 Å². The lowest BCUT2D eigenvalue weighted by atomic mass is 9.87. The van der Waals surface area contributed by atoms with Gasteiger partial charge in [-0.05, 0) is 24.8 Å². The number of ether oxygens (including phenoxy) is 1. The number of non-ortho nitro benzene ring substituents is 1. The van der Waals surface area contributed by atoms with Crippen LogP contribution in [0.4, 0.5) is 11.4 Å². The molecule has 1 N–H and O–H groups in total. The van der Waals surface area contributed by atoms with Crippen molar-refractivity contribution in [2.75, 3.05) is 25.1 Å². The molecule has 0 aromatic heterocycles. The number of methoxy groups -OCH3 is 1.